The smallest absolute Gasteiger partial charge is 0.350 e. The van der Waals surface area contributed by atoms with Gasteiger partial charge >= 0.3 is 5.97 Å². The average Bonchev–Trinajstić information content (AvgIpc) is 3.07. The SMILES string of the molecule is CCOC(=O)c1sc(NC(=O)CSc2nc(-c3ccccc3)cc(=O)[nH]2)nc1C. The largest absolute Gasteiger partial charge is 0.462 e. The highest BCUT2D eigenvalue weighted by Gasteiger charge is 2.17. The van der Waals surface area contributed by atoms with Crippen LogP contribution in [0.2, 0.25) is 0 Å². The molecule has 8 nitrogen and oxygen atoms in total. The third kappa shape index (κ3) is 5.52. The van der Waals surface area contributed by atoms with Crippen LogP contribution in [-0.4, -0.2) is 39.2 Å². The summed E-state index contributed by atoms with van der Waals surface area (Å²) >= 11 is 2.16. The molecule has 1 aromatic carbocycles. The first-order chi connectivity index (χ1) is 14.0. The molecule has 0 aliphatic rings. The Hall–Kier alpha value is -2.98. The van der Waals surface area contributed by atoms with Crippen molar-refractivity contribution in [2.45, 2.75) is 19.0 Å². The lowest BCUT2D eigenvalue weighted by Crippen LogP contribution is -2.15. The molecule has 150 valence electrons. The number of nitrogens with zero attached hydrogens (tertiary/aromatic N) is 2. The van der Waals surface area contributed by atoms with Gasteiger partial charge in [-0.15, -0.1) is 0 Å². The summed E-state index contributed by atoms with van der Waals surface area (Å²) in [6.45, 7) is 3.66. The number of thiazole rings is 1. The lowest BCUT2D eigenvalue weighted by molar-refractivity contribution is -0.113. The van der Waals surface area contributed by atoms with Gasteiger partial charge in [-0.25, -0.2) is 14.8 Å². The van der Waals surface area contributed by atoms with E-state index in [1.165, 1.54) is 6.07 Å². The summed E-state index contributed by atoms with van der Waals surface area (Å²) in [6.07, 6.45) is 0. The molecule has 2 N–H and O–H groups in total. The number of nitrogens with one attached hydrogen (secondary N) is 2. The molecular formula is C19H18N4O4S2. The first kappa shape index (κ1) is 20.7. The van der Waals surface area contributed by atoms with Gasteiger partial charge in [-0.3, -0.25) is 9.59 Å². The number of aromatic amines is 1. The van der Waals surface area contributed by atoms with E-state index in [1.54, 1.807) is 13.8 Å². The van der Waals surface area contributed by atoms with Crippen LogP contribution in [0.5, 0.6) is 0 Å². The molecule has 0 unspecified atom stereocenters. The van der Waals surface area contributed by atoms with E-state index >= 15 is 0 Å². The maximum Gasteiger partial charge on any atom is 0.350 e. The first-order valence-electron chi connectivity index (χ1n) is 8.70. The minimum absolute atomic E-state index is 0.0224. The minimum Gasteiger partial charge on any atom is -0.462 e. The Kier molecular flexibility index (Phi) is 6.78. The summed E-state index contributed by atoms with van der Waals surface area (Å²) in [4.78, 5) is 47.6. The summed E-state index contributed by atoms with van der Waals surface area (Å²) in [7, 11) is 0. The van der Waals surface area contributed by atoms with Crippen LogP contribution >= 0.6 is 23.1 Å². The fraction of sp³-hybridized carbons (Fsp3) is 0.211. The van der Waals surface area contributed by atoms with Crippen LogP contribution in [0.4, 0.5) is 5.13 Å². The third-order valence-electron chi connectivity index (χ3n) is 3.63. The van der Waals surface area contributed by atoms with Crippen molar-refractivity contribution in [2.75, 3.05) is 17.7 Å². The molecule has 3 rings (SSSR count). The Bertz CT molecular complexity index is 1080. The molecule has 0 spiro atoms. The van der Waals surface area contributed by atoms with E-state index in [4.69, 9.17) is 4.74 Å². The van der Waals surface area contributed by atoms with E-state index in [0.717, 1.165) is 28.7 Å². The number of hydrogen-bond acceptors (Lipinski definition) is 8. The van der Waals surface area contributed by atoms with Crippen molar-refractivity contribution in [3.8, 4) is 11.3 Å². The van der Waals surface area contributed by atoms with Gasteiger partial charge in [0.2, 0.25) is 5.91 Å². The monoisotopic (exact) mass is 430 g/mol. The van der Waals surface area contributed by atoms with Gasteiger partial charge in [0, 0.05) is 11.6 Å². The molecule has 0 radical (unpaired) electrons. The topological polar surface area (TPSA) is 114 Å². The summed E-state index contributed by atoms with van der Waals surface area (Å²) in [5.74, 6) is -0.766. The number of benzene rings is 1. The van der Waals surface area contributed by atoms with Gasteiger partial charge in [0.15, 0.2) is 10.3 Å². The number of ether oxygens (including phenoxy) is 1. The number of carbonyl (C=O) groups is 2. The Morgan fingerprint density at radius 1 is 1.24 bits per heavy atom. The number of anilines is 1. The molecule has 2 aromatic heterocycles. The predicted octanol–water partition coefficient (Wildman–Crippen LogP) is 3.11. The minimum atomic E-state index is -0.461. The molecule has 29 heavy (non-hydrogen) atoms. The summed E-state index contributed by atoms with van der Waals surface area (Å²) in [6, 6.07) is 10.7. The van der Waals surface area contributed by atoms with Crippen molar-refractivity contribution in [2.24, 2.45) is 0 Å². The maximum atomic E-state index is 12.2. The lowest BCUT2D eigenvalue weighted by atomic mass is 10.1. The van der Waals surface area contributed by atoms with Crippen LogP contribution in [0.15, 0.2) is 46.3 Å². The number of carbonyl (C=O) groups excluding carboxylic acids is 2. The number of esters is 1. The van der Waals surface area contributed by atoms with Crippen LogP contribution in [-0.2, 0) is 9.53 Å². The van der Waals surface area contributed by atoms with Crippen molar-refractivity contribution < 1.29 is 14.3 Å². The molecule has 1 amide bonds. The molecule has 0 saturated heterocycles. The standard InChI is InChI=1S/C19H18N4O4S2/c1-3-27-17(26)16-11(2)20-19(29-16)23-15(25)10-28-18-21-13(9-14(24)22-18)12-7-5-4-6-8-12/h4-9H,3,10H2,1-2H3,(H,20,23,25)(H,21,22,24). The summed E-state index contributed by atoms with van der Waals surface area (Å²) < 4.78 is 4.96. The fourth-order valence-electron chi connectivity index (χ4n) is 2.39. The normalized spacial score (nSPS) is 10.6. The van der Waals surface area contributed by atoms with Crippen LogP contribution in [0.3, 0.4) is 0 Å². The number of H-pyrrole nitrogens is 1. The quantitative estimate of drug-likeness (QED) is 0.336. The molecule has 0 aliphatic heterocycles. The molecule has 2 heterocycles. The highest BCUT2D eigenvalue weighted by atomic mass is 32.2. The molecule has 10 heteroatoms. The number of aryl methyl sites for hydroxylation is 1. The molecule has 0 bridgehead atoms. The number of aromatic nitrogens is 3. The van der Waals surface area contributed by atoms with Gasteiger partial charge in [-0.1, -0.05) is 53.4 Å². The van der Waals surface area contributed by atoms with Gasteiger partial charge in [0.25, 0.3) is 5.56 Å². The third-order valence-corrected chi connectivity index (χ3v) is 5.56. The van der Waals surface area contributed by atoms with Crippen molar-refractivity contribution in [3.05, 3.63) is 57.3 Å². The lowest BCUT2D eigenvalue weighted by Gasteiger charge is -2.04. The van der Waals surface area contributed by atoms with Crippen LogP contribution in [0.1, 0.15) is 22.3 Å². The second-order valence-electron chi connectivity index (χ2n) is 5.79. The van der Waals surface area contributed by atoms with Crippen molar-refractivity contribution >= 4 is 40.1 Å². The van der Waals surface area contributed by atoms with Crippen molar-refractivity contribution in [1.29, 1.82) is 0 Å². The van der Waals surface area contributed by atoms with Gasteiger partial charge in [0.05, 0.1) is 23.7 Å². The van der Waals surface area contributed by atoms with E-state index in [0.29, 0.717) is 26.6 Å². The van der Waals surface area contributed by atoms with Gasteiger partial charge < -0.3 is 15.0 Å². The fourth-order valence-corrected chi connectivity index (χ4v) is 3.94. The Morgan fingerprint density at radius 2 is 2.00 bits per heavy atom. The molecule has 0 saturated carbocycles. The van der Waals surface area contributed by atoms with Gasteiger partial charge in [0.1, 0.15) is 4.88 Å². The molecule has 0 aliphatic carbocycles. The molecule has 3 aromatic rings. The van der Waals surface area contributed by atoms with E-state index in [1.807, 2.05) is 30.3 Å². The maximum absolute atomic E-state index is 12.2. The second-order valence-corrected chi connectivity index (χ2v) is 7.76. The summed E-state index contributed by atoms with van der Waals surface area (Å²) in [5.41, 5.74) is 1.55. The molecular weight excluding hydrogens is 412 g/mol. The van der Waals surface area contributed by atoms with Gasteiger partial charge in [-0.2, -0.15) is 0 Å². The van der Waals surface area contributed by atoms with E-state index in [9.17, 15) is 14.4 Å². The van der Waals surface area contributed by atoms with Crippen LogP contribution in [0.25, 0.3) is 11.3 Å². The Morgan fingerprint density at radius 3 is 2.72 bits per heavy atom. The molecule has 0 atom stereocenters. The highest BCUT2D eigenvalue weighted by Crippen LogP contribution is 2.24. The number of hydrogen-bond donors (Lipinski definition) is 2. The van der Waals surface area contributed by atoms with Crippen LogP contribution < -0.4 is 10.9 Å². The number of rotatable bonds is 7. The first-order valence-corrected chi connectivity index (χ1v) is 10.5. The van der Waals surface area contributed by atoms with Crippen LogP contribution in [0, 0.1) is 6.92 Å². The summed E-state index contributed by atoms with van der Waals surface area (Å²) in [5, 5.41) is 3.31. The van der Waals surface area contributed by atoms with E-state index in [-0.39, 0.29) is 23.8 Å². The average molecular weight is 431 g/mol. The second kappa shape index (κ2) is 9.48. The van der Waals surface area contributed by atoms with Crippen molar-refractivity contribution in [3.63, 3.8) is 0 Å². The number of amides is 1. The zero-order chi connectivity index (χ0) is 20.8. The number of thioether (sulfide) groups is 1. The van der Waals surface area contributed by atoms with E-state index in [2.05, 4.69) is 20.3 Å². The zero-order valence-corrected chi connectivity index (χ0v) is 17.4. The Labute approximate surface area is 174 Å². The van der Waals surface area contributed by atoms with Gasteiger partial charge in [-0.05, 0) is 13.8 Å². The molecule has 0 fully saturated rings. The highest BCUT2D eigenvalue weighted by molar-refractivity contribution is 7.99. The van der Waals surface area contributed by atoms with Crippen molar-refractivity contribution in [1.82, 2.24) is 15.0 Å². The predicted molar refractivity (Wildman–Crippen MR) is 112 cm³/mol. The van der Waals surface area contributed by atoms with E-state index < -0.39 is 5.97 Å². The Balaban J connectivity index is 1.64. The zero-order valence-electron chi connectivity index (χ0n) is 15.7.